The molecule has 1 saturated carbocycles. The van der Waals surface area contributed by atoms with Crippen molar-refractivity contribution in [3.05, 3.63) is 17.4 Å². The van der Waals surface area contributed by atoms with Crippen LogP contribution in [0.1, 0.15) is 52.0 Å². The summed E-state index contributed by atoms with van der Waals surface area (Å²) in [6, 6.07) is -0.0525. The Morgan fingerprint density at radius 3 is 2.35 bits per heavy atom. The molecule has 1 saturated heterocycles. The molecule has 1 amide bonds. The maximum Gasteiger partial charge on any atom is 0.443 e. The van der Waals surface area contributed by atoms with Crippen molar-refractivity contribution in [1.29, 1.82) is 0 Å². The average molecular weight is 500 g/mol. The molecule has 0 aromatic carbocycles. The summed E-state index contributed by atoms with van der Waals surface area (Å²) >= 11 is 0.585. The number of alkyl halides is 3. The first kappa shape index (κ1) is 24.5. The molecule has 2 fully saturated rings. The lowest BCUT2D eigenvalue weighted by Crippen LogP contribution is -2.55. The number of anilines is 1. The first-order valence-electron chi connectivity index (χ1n) is 11.2. The second-order valence-corrected chi connectivity index (χ2v) is 10.5. The predicted octanol–water partition coefficient (Wildman–Crippen LogP) is 5.00. The Labute approximate surface area is 200 Å². The molecule has 0 radical (unpaired) electrons. The normalized spacial score (nSPS) is 19.7. The number of nitrogens with zero attached hydrogens (tertiary/aromatic N) is 5. The van der Waals surface area contributed by atoms with Gasteiger partial charge in [0.15, 0.2) is 0 Å². The molecule has 4 rings (SSSR count). The van der Waals surface area contributed by atoms with Gasteiger partial charge in [0.2, 0.25) is 5.01 Å². The van der Waals surface area contributed by atoms with Gasteiger partial charge in [0.25, 0.3) is 0 Å². The van der Waals surface area contributed by atoms with E-state index < -0.39 is 22.9 Å². The van der Waals surface area contributed by atoms with E-state index in [0.717, 1.165) is 19.3 Å². The zero-order valence-electron chi connectivity index (χ0n) is 19.6. The van der Waals surface area contributed by atoms with Gasteiger partial charge in [-0.25, -0.2) is 19.7 Å². The lowest BCUT2D eigenvalue weighted by molar-refractivity contribution is -0.137. The van der Waals surface area contributed by atoms with Gasteiger partial charge in [-0.1, -0.05) is 11.3 Å². The van der Waals surface area contributed by atoms with Crippen LogP contribution in [0.3, 0.4) is 0 Å². The highest BCUT2D eigenvalue weighted by Gasteiger charge is 2.39. The molecule has 2 aromatic heterocycles. The van der Waals surface area contributed by atoms with E-state index in [1.165, 1.54) is 12.4 Å². The van der Waals surface area contributed by atoms with Crippen LogP contribution in [-0.2, 0) is 10.9 Å². The Kier molecular flexibility index (Phi) is 6.63. The standard InChI is InChI=1S/C22H28F3N5O3S/c1-13-12-29(8-9-30(13)20(31)33-21(2,3)4)17-16(28-18(34-17)22(23,24)25)14-10-26-19(27-11-14)32-15-6-5-7-15/h10-11,13,15H,5-9,12H2,1-4H3/t13-/m1/s1. The summed E-state index contributed by atoms with van der Waals surface area (Å²) in [5.74, 6) is 0. The Morgan fingerprint density at radius 1 is 1.15 bits per heavy atom. The fourth-order valence-corrected chi connectivity index (χ4v) is 4.70. The molecule has 12 heteroatoms. The summed E-state index contributed by atoms with van der Waals surface area (Å²) in [5.41, 5.74) is -0.0788. The number of rotatable bonds is 4. The van der Waals surface area contributed by atoms with Gasteiger partial charge < -0.3 is 19.3 Å². The van der Waals surface area contributed by atoms with E-state index in [1.54, 1.807) is 25.7 Å². The quantitative estimate of drug-likeness (QED) is 0.586. The van der Waals surface area contributed by atoms with Crippen molar-refractivity contribution in [3.63, 3.8) is 0 Å². The van der Waals surface area contributed by atoms with E-state index in [0.29, 0.717) is 41.5 Å². The highest BCUT2D eigenvalue weighted by Crippen LogP contribution is 2.43. The van der Waals surface area contributed by atoms with Crippen LogP contribution in [0.2, 0.25) is 0 Å². The molecule has 1 atom stereocenters. The lowest BCUT2D eigenvalue weighted by atomic mass is 9.96. The summed E-state index contributed by atoms with van der Waals surface area (Å²) in [4.78, 5) is 28.2. The topological polar surface area (TPSA) is 80.7 Å². The third kappa shape index (κ3) is 5.53. The number of carbonyl (C=O) groups is 1. The molecule has 3 heterocycles. The molecular formula is C22H28F3N5O3S. The minimum atomic E-state index is -4.57. The van der Waals surface area contributed by atoms with E-state index in [2.05, 4.69) is 15.0 Å². The number of hydrogen-bond acceptors (Lipinski definition) is 8. The zero-order chi connectivity index (χ0) is 24.7. The molecule has 186 valence electrons. The van der Waals surface area contributed by atoms with Crippen LogP contribution in [0.5, 0.6) is 6.01 Å². The summed E-state index contributed by atoms with van der Waals surface area (Å²) in [7, 11) is 0. The Balaban J connectivity index is 1.56. The second-order valence-electron chi connectivity index (χ2n) is 9.56. The fraction of sp³-hybridized carbons (Fsp3) is 0.636. The molecule has 0 N–H and O–H groups in total. The number of aromatic nitrogens is 3. The maximum absolute atomic E-state index is 13.5. The molecule has 1 aliphatic heterocycles. The summed E-state index contributed by atoms with van der Waals surface area (Å²) < 4.78 is 51.7. The van der Waals surface area contributed by atoms with E-state index in [4.69, 9.17) is 9.47 Å². The van der Waals surface area contributed by atoms with Crippen LogP contribution in [-0.4, -0.2) is 63.3 Å². The third-order valence-electron chi connectivity index (χ3n) is 5.62. The number of hydrogen-bond donors (Lipinski definition) is 0. The molecule has 8 nitrogen and oxygen atoms in total. The highest BCUT2D eigenvalue weighted by molar-refractivity contribution is 7.16. The molecule has 0 bridgehead atoms. The predicted molar refractivity (Wildman–Crippen MR) is 121 cm³/mol. The van der Waals surface area contributed by atoms with Crippen molar-refractivity contribution in [3.8, 4) is 17.3 Å². The van der Waals surface area contributed by atoms with Gasteiger partial charge in [-0.2, -0.15) is 13.2 Å². The minimum absolute atomic E-state index is 0.0975. The van der Waals surface area contributed by atoms with Gasteiger partial charge in [0, 0.05) is 43.6 Å². The fourth-order valence-electron chi connectivity index (χ4n) is 3.71. The van der Waals surface area contributed by atoms with Crippen molar-refractivity contribution in [2.75, 3.05) is 24.5 Å². The molecule has 0 unspecified atom stereocenters. The van der Waals surface area contributed by atoms with Crippen molar-refractivity contribution in [1.82, 2.24) is 19.9 Å². The van der Waals surface area contributed by atoms with Crippen LogP contribution in [0.25, 0.3) is 11.3 Å². The van der Waals surface area contributed by atoms with Crippen LogP contribution in [0.4, 0.5) is 23.0 Å². The maximum atomic E-state index is 13.5. The van der Waals surface area contributed by atoms with E-state index >= 15 is 0 Å². The van der Waals surface area contributed by atoms with Crippen LogP contribution in [0, 0.1) is 0 Å². The number of carbonyl (C=O) groups excluding carboxylic acids is 1. The van der Waals surface area contributed by atoms with E-state index in [9.17, 15) is 18.0 Å². The van der Waals surface area contributed by atoms with Crippen LogP contribution >= 0.6 is 11.3 Å². The van der Waals surface area contributed by atoms with Crippen LogP contribution < -0.4 is 9.64 Å². The first-order valence-corrected chi connectivity index (χ1v) is 12.0. The highest BCUT2D eigenvalue weighted by atomic mass is 32.1. The first-order chi connectivity index (χ1) is 15.9. The van der Waals surface area contributed by atoms with E-state index in [1.807, 2.05) is 11.8 Å². The summed E-state index contributed by atoms with van der Waals surface area (Å²) in [6.45, 7) is 8.22. The van der Waals surface area contributed by atoms with Gasteiger partial charge in [0.1, 0.15) is 22.4 Å². The molecular weight excluding hydrogens is 471 g/mol. The zero-order valence-corrected chi connectivity index (χ0v) is 20.4. The Morgan fingerprint density at radius 2 is 1.82 bits per heavy atom. The van der Waals surface area contributed by atoms with Crippen LogP contribution in [0.15, 0.2) is 12.4 Å². The van der Waals surface area contributed by atoms with Crippen molar-refractivity contribution >= 4 is 22.4 Å². The van der Waals surface area contributed by atoms with E-state index in [-0.39, 0.29) is 23.9 Å². The number of thiazole rings is 1. The average Bonchev–Trinajstić information content (AvgIpc) is 3.16. The Bertz CT molecular complexity index is 1020. The van der Waals surface area contributed by atoms with Crippen molar-refractivity contribution < 1.29 is 27.4 Å². The molecule has 34 heavy (non-hydrogen) atoms. The molecule has 2 aromatic rings. The minimum Gasteiger partial charge on any atom is -0.460 e. The van der Waals surface area contributed by atoms with Gasteiger partial charge in [-0.15, -0.1) is 0 Å². The lowest BCUT2D eigenvalue weighted by Gasteiger charge is -2.40. The monoisotopic (exact) mass is 499 g/mol. The second kappa shape index (κ2) is 9.20. The number of ether oxygens (including phenoxy) is 2. The van der Waals surface area contributed by atoms with Crippen molar-refractivity contribution in [2.24, 2.45) is 0 Å². The van der Waals surface area contributed by atoms with Gasteiger partial charge >= 0.3 is 18.3 Å². The number of halogens is 3. The molecule has 0 spiro atoms. The van der Waals surface area contributed by atoms with Gasteiger partial charge in [-0.3, -0.25) is 0 Å². The Hall–Kier alpha value is -2.63. The van der Waals surface area contributed by atoms with Crippen molar-refractivity contribution in [2.45, 2.75) is 70.9 Å². The molecule has 1 aliphatic carbocycles. The summed E-state index contributed by atoms with van der Waals surface area (Å²) in [5, 5.41) is -0.561. The third-order valence-corrected chi connectivity index (χ3v) is 6.78. The smallest absolute Gasteiger partial charge is 0.443 e. The summed E-state index contributed by atoms with van der Waals surface area (Å²) in [6.07, 6.45) is 0.977. The van der Waals surface area contributed by atoms with Gasteiger partial charge in [-0.05, 0) is 47.0 Å². The SMILES string of the molecule is C[C@@H]1CN(c2sc(C(F)(F)F)nc2-c2cnc(OC3CCC3)nc2)CCN1C(=O)OC(C)(C)C. The number of amides is 1. The largest absolute Gasteiger partial charge is 0.460 e. The van der Waals surface area contributed by atoms with Gasteiger partial charge in [0.05, 0.1) is 0 Å². The molecule has 2 aliphatic rings. The number of piperazine rings is 1.